The highest BCUT2D eigenvalue weighted by molar-refractivity contribution is 5.95. The van der Waals surface area contributed by atoms with Gasteiger partial charge in [0.25, 0.3) is 0 Å². The van der Waals surface area contributed by atoms with Crippen LogP contribution in [0.2, 0.25) is 0 Å². The summed E-state index contributed by atoms with van der Waals surface area (Å²) in [5.74, 6) is -1.06. The van der Waals surface area contributed by atoms with Crippen molar-refractivity contribution in [3.05, 3.63) is 29.8 Å². The standard InChI is InChI=1S/C19H27NO6/c1-18(2,3)25-16(22)13-8-10-14(11-9-13)20(12-15(21)24-7)17(23)26-19(4,5)6/h8-11H,12H2,1-7H3. The molecule has 0 saturated carbocycles. The van der Waals surface area contributed by atoms with Crippen LogP contribution in [0.25, 0.3) is 0 Å². The summed E-state index contributed by atoms with van der Waals surface area (Å²) in [6.07, 6.45) is -0.687. The van der Waals surface area contributed by atoms with Crippen molar-refractivity contribution >= 4 is 23.7 Å². The quantitative estimate of drug-likeness (QED) is 0.599. The number of hydrogen-bond acceptors (Lipinski definition) is 6. The summed E-state index contributed by atoms with van der Waals surface area (Å²) in [5.41, 5.74) is -0.590. The molecule has 0 spiro atoms. The minimum Gasteiger partial charge on any atom is -0.468 e. The van der Waals surface area contributed by atoms with Crippen LogP contribution in [0.4, 0.5) is 10.5 Å². The second kappa shape index (κ2) is 8.21. The Balaban J connectivity index is 3.05. The van der Waals surface area contributed by atoms with Crippen LogP contribution in [-0.2, 0) is 19.0 Å². The third-order valence-electron chi connectivity index (χ3n) is 2.94. The average Bonchev–Trinajstić information content (AvgIpc) is 2.49. The lowest BCUT2D eigenvalue weighted by Crippen LogP contribution is -2.40. The van der Waals surface area contributed by atoms with Gasteiger partial charge in [-0.3, -0.25) is 9.69 Å². The van der Waals surface area contributed by atoms with Gasteiger partial charge in [0.15, 0.2) is 0 Å². The molecule has 7 nitrogen and oxygen atoms in total. The molecular weight excluding hydrogens is 338 g/mol. The van der Waals surface area contributed by atoms with E-state index in [2.05, 4.69) is 4.74 Å². The van der Waals surface area contributed by atoms with Gasteiger partial charge in [-0.15, -0.1) is 0 Å². The summed E-state index contributed by atoms with van der Waals surface area (Å²) in [7, 11) is 1.24. The Morgan fingerprint density at radius 1 is 0.885 bits per heavy atom. The molecule has 0 bridgehead atoms. The van der Waals surface area contributed by atoms with E-state index in [-0.39, 0.29) is 6.54 Å². The molecule has 0 aliphatic heterocycles. The zero-order valence-corrected chi connectivity index (χ0v) is 16.4. The first-order chi connectivity index (χ1) is 11.8. The number of nitrogens with zero attached hydrogens (tertiary/aromatic N) is 1. The maximum Gasteiger partial charge on any atom is 0.415 e. The van der Waals surface area contributed by atoms with Crippen LogP contribution >= 0.6 is 0 Å². The van der Waals surface area contributed by atoms with Gasteiger partial charge >= 0.3 is 18.0 Å². The second-order valence-electron chi connectivity index (χ2n) is 7.69. The van der Waals surface area contributed by atoms with Crippen molar-refractivity contribution in [1.82, 2.24) is 0 Å². The highest BCUT2D eigenvalue weighted by atomic mass is 16.6. The maximum absolute atomic E-state index is 12.4. The molecule has 0 aliphatic rings. The van der Waals surface area contributed by atoms with E-state index in [1.807, 2.05) is 0 Å². The Morgan fingerprint density at radius 2 is 1.38 bits per heavy atom. The number of hydrogen-bond donors (Lipinski definition) is 0. The molecule has 0 heterocycles. The fourth-order valence-electron chi connectivity index (χ4n) is 1.89. The molecular formula is C19H27NO6. The molecule has 0 radical (unpaired) electrons. The molecule has 1 amide bonds. The topological polar surface area (TPSA) is 82.1 Å². The lowest BCUT2D eigenvalue weighted by molar-refractivity contribution is -0.139. The van der Waals surface area contributed by atoms with E-state index in [1.54, 1.807) is 53.7 Å². The van der Waals surface area contributed by atoms with Crippen LogP contribution in [0.15, 0.2) is 24.3 Å². The predicted molar refractivity (Wildman–Crippen MR) is 97.2 cm³/mol. The van der Waals surface area contributed by atoms with Crippen molar-refractivity contribution in [3.63, 3.8) is 0 Å². The lowest BCUT2D eigenvalue weighted by Gasteiger charge is -2.27. The zero-order valence-electron chi connectivity index (χ0n) is 16.4. The van der Waals surface area contributed by atoms with Crippen molar-refractivity contribution in [1.29, 1.82) is 0 Å². The molecule has 0 atom stereocenters. The Kier molecular flexibility index (Phi) is 6.78. The molecule has 1 aromatic rings. The van der Waals surface area contributed by atoms with E-state index < -0.39 is 29.2 Å². The number of carbonyl (C=O) groups is 3. The first-order valence-corrected chi connectivity index (χ1v) is 8.23. The highest BCUT2D eigenvalue weighted by Gasteiger charge is 2.26. The van der Waals surface area contributed by atoms with E-state index in [1.165, 1.54) is 19.2 Å². The van der Waals surface area contributed by atoms with Gasteiger partial charge in [0.1, 0.15) is 17.7 Å². The van der Waals surface area contributed by atoms with Crippen LogP contribution < -0.4 is 4.90 Å². The molecule has 0 fully saturated rings. The number of methoxy groups -OCH3 is 1. The minimum atomic E-state index is -0.720. The summed E-state index contributed by atoms with van der Waals surface area (Å²) < 4.78 is 15.3. The summed E-state index contributed by atoms with van der Waals surface area (Å²) in [6, 6.07) is 6.15. The van der Waals surface area contributed by atoms with Crippen LogP contribution in [-0.4, -0.2) is 42.9 Å². The van der Waals surface area contributed by atoms with E-state index in [0.717, 1.165) is 4.90 Å². The molecule has 0 N–H and O–H groups in total. The van der Waals surface area contributed by atoms with Crippen molar-refractivity contribution in [2.45, 2.75) is 52.7 Å². The normalized spacial score (nSPS) is 11.5. The third-order valence-corrected chi connectivity index (χ3v) is 2.94. The van der Waals surface area contributed by atoms with Crippen LogP contribution in [0.3, 0.4) is 0 Å². The van der Waals surface area contributed by atoms with Crippen LogP contribution in [0, 0.1) is 0 Å². The maximum atomic E-state index is 12.4. The van der Waals surface area contributed by atoms with Crippen molar-refractivity contribution in [2.75, 3.05) is 18.6 Å². The van der Waals surface area contributed by atoms with Gasteiger partial charge in [-0.05, 0) is 65.8 Å². The Labute approximate surface area is 154 Å². The van der Waals surface area contributed by atoms with Gasteiger partial charge in [0.05, 0.1) is 12.7 Å². The van der Waals surface area contributed by atoms with Crippen molar-refractivity contribution < 1.29 is 28.6 Å². The monoisotopic (exact) mass is 365 g/mol. The van der Waals surface area contributed by atoms with E-state index in [9.17, 15) is 14.4 Å². The zero-order chi connectivity index (χ0) is 20.1. The Hall–Kier alpha value is -2.57. The molecule has 0 aliphatic carbocycles. The van der Waals surface area contributed by atoms with Crippen LogP contribution in [0.1, 0.15) is 51.9 Å². The number of ether oxygens (including phenoxy) is 3. The largest absolute Gasteiger partial charge is 0.468 e. The molecule has 0 unspecified atom stereocenters. The van der Waals surface area contributed by atoms with Crippen molar-refractivity contribution in [2.24, 2.45) is 0 Å². The predicted octanol–water partition coefficient (Wildman–Crippen LogP) is 3.56. The van der Waals surface area contributed by atoms with E-state index in [0.29, 0.717) is 11.3 Å². The summed E-state index contributed by atoms with van der Waals surface area (Å²) in [6.45, 7) is 10.2. The molecule has 0 aromatic heterocycles. The molecule has 1 aromatic carbocycles. The van der Waals surface area contributed by atoms with Crippen LogP contribution in [0.5, 0.6) is 0 Å². The third kappa shape index (κ3) is 7.13. The highest BCUT2D eigenvalue weighted by Crippen LogP contribution is 2.20. The van der Waals surface area contributed by atoms with Gasteiger partial charge in [-0.2, -0.15) is 0 Å². The smallest absolute Gasteiger partial charge is 0.415 e. The summed E-state index contributed by atoms with van der Waals surface area (Å²) in [5, 5.41) is 0. The van der Waals surface area contributed by atoms with E-state index >= 15 is 0 Å². The fraction of sp³-hybridized carbons (Fsp3) is 0.526. The Morgan fingerprint density at radius 3 is 1.81 bits per heavy atom. The first kappa shape index (κ1) is 21.5. The van der Waals surface area contributed by atoms with Gasteiger partial charge in [0, 0.05) is 5.69 Å². The second-order valence-corrected chi connectivity index (χ2v) is 7.69. The molecule has 0 saturated heterocycles. The first-order valence-electron chi connectivity index (χ1n) is 8.23. The Bertz CT molecular complexity index is 652. The van der Waals surface area contributed by atoms with E-state index in [4.69, 9.17) is 9.47 Å². The van der Waals surface area contributed by atoms with Gasteiger partial charge in [0.2, 0.25) is 0 Å². The fourth-order valence-corrected chi connectivity index (χ4v) is 1.89. The average molecular weight is 365 g/mol. The summed E-state index contributed by atoms with van der Waals surface area (Å²) in [4.78, 5) is 37.3. The van der Waals surface area contributed by atoms with Gasteiger partial charge in [-0.1, -0.05) is 0 Å². The van der Waals surface area contributed by atoms with Gasteiger partial charge < -0.3 is 14.2 Å². The molecule has 1 rings (SSSR count). The lowest BCUT2D eigenvalue weighted by atomic mass is 10.1. The number of rotatable bonds is 4. The number of amides is 1. The minimum absolute atomic E-state index is 0.308. The number of anilines is 1. The van der Waals surface area contributed by atoms with Crippen molar-refractivity contribution in [3.8, 4) is 0 Å². The number of esters is 2. The molecule has 144 valence electrons. The number of carbonyl (C=O) groups excluding carboxylic acids is 3. The summed E-state index contributed by atoms with van der Waals surface area (Å²) >= 11 is 0. The molecule has 7 heteroatoms. The van der Waals surface area contributed by atoms with Gasteiger partial charge in [-0.25, -0.2) is 9.59 Å². The SMILES string of the molecule is COC(=O)CN(C(=O)OC(C)(C)C)c1ccc(C(=O)OC(C)(C)C)cc1. The molecule has 26 heavy (non-hydrogen) atoms. The number of benzene rings is 1.